The maximum absolute atomic E-state index is 10.6. The van der Waals surface area contributed by atoms with E-state index in [1.165, 1.54) is 6.08 Å². The number of aliphatic hydroxyl groups excluding tert-OH is 1. The van der Waals surface area contributed by atoms with Crippen molar-refractivity contribution >= 4 is 5.97 Å². The van der Waals surface area contributed by atoms with Gasteiger partial charge in [0.1, 0.15) is 0 Å². The minimum absolute atomic E-state index is 0. The fraction of sp³-hybridized carbons (Fsp3) is 0.769. The third-order valence-electron chi connectivity index (χ3n) is 1.56. The molecule has 0 atom stereocenters. The molecule has 16 heavy (non-hydrogen) atoms. The number of carbonyl (C=O) groups excluding carboxylic acids is 1. The number of hydrogen-bond donors (Lipinski definition) is 1. The van der Waals surface area contributed by atoms with E-state index in [1.807, 2.05) is 0 Å². The third kappa shape index (κ3) is 23.2. The highest BCUT2D eigenvalue weighted by Crippen LogP contribution is 1.89. The first kappa shape index (κ1) is 20.6. The lowest BCUT2D eigenvalue weighted by atomic mass is 10.4. The zero-order valence-electron chi connectivity index (χ0n) is 10.2. The van der Waals surface area contributed by atoms with Crippen molar-refractivity contribution in [1.29, 1.82) is 0 Å². The number of ether oxygens (including phenoxy) is 1. The van der Waals surface area contributed by atoms with Crippen molar-refractivity contribution in [2.45, 2.75) is 53.9 Å². The van der Waals surface area contributed by atoms with Crippen LogP contribution in [0.15, 0.2) is 12.2 Å². The summed E-state index contributed by atoms with van der Waals surface area (Å²) in [5, 5.41) is 8.07. The summed E-state index contributed by atoms with van der Waals surface area (Å²) in [6, 6.07) is 0. The molecule has 0 fully saturated rings. The molecule has 0 aliphatic carbocycles. The highest BCUT2D eigenvalue weighted by molar-refractivity contribution is 5.81. The van der Waals surface area contributed by atoms with Crippen LogP contribution in [0.1, 0.15) is 55.3 Å². The second kappa shape index (κ2) is 19.7. The Kier molecular flexibility index (Phi) is 25.3. The smallest absolute Gasteiger partial charge is 0.330 e. The van der Waals surface area contributed by atoms with Crippen molar-refractivity contribution < 1.29 is 16.1 Å². The van der Waals surface area contributed by atoms with Crippen molar-refractivity contribution in [2.75, 3.05) is 13.2 Å². The van der Waals surface area contributed by atoms with E-state index in [-0.39, 0.29) is 14.8 Å². The molecule has 0 bridgehead atoms. The highest BCUT2D eigenvalue weighted by Gasteiger charge is 1.92. The number of carbonyl (C=O) groups is 1. The molecule has 0 aromatic carbocycles. The summed E-state index contributed by atoms with van der Waals surface area (Å²) >= 11 is 0. The van der Waals surface area contributed by atoms with Gasteiger partial charge in [-0.25, -0.2) is 4.79 Å². The van der Waals surface area contributed by atoms with Crippen molar-refractivity contribution in [2.24, 2.45) is 0 Å². The molecule has 0 amide bonds. The van der Waals surface area contributed by atoms with Gasteiger partial charge in [-0.3, -0.25) is 0 Å². The molecule has 100 valence electrons. The van der Waals surface area contributed by atoms with Crippen LogP contribution in [0.25, 0.3) is 0 Å². The Morgan fingerprint density at radius 3 is 2.19 bits per heavy atom. The molecule has 0 aliphatic heterocycles. The van der Waals surface area contributed by atoms with Crippen LogP contribution < -0.4 is 0 Å². The van der Waals surface area contributed by atoms with Gasteiger partial charge in [-0.15, -0.1) is 0 Å². The Labute approximate surface area is 102 Å². The predicted octanol–water partition coefficient (Wildman–Crippen LogP) is 3.57. The average molecular weight is 234 g/mol. The molecule has 0 rings (SSSR count). The number of esters is 1. The molecule has 0 radical (unpaired) electrons. The summed E-state index contributed by atoms with van der Waals surface area (Å²) in [5.41, 5.74) is 0. The standard InChI is InChI=1S/C8H14O2.C4H10O.CH4.H2/c1-3-5-7-10-8(9)6-4-2;1-2-3-4-5;;/h4,6H,3,5,7H2,1-2H3;5H,2-4H2,1H3;1H4;1H/b6-4+;;;. The number of unbranched alkanes of at least 4 members (excludes halogenated alkanes) is 2. The molecule has 0 unspecified atom stereocenters. The first-order valence-corrected chi connectivity index (χ1v) is 5.63. The summed E-state index contributed by atoms with van der Waals surface area (Å²) in [4.78, 5) is 10.6. The lowest BCUT2D eigenvalue weighted by Crippen LogP contribution is -2.01. The quantitative estimate of drug-likeness (QED) is 0.434. The van der Waals surface area contributed by atoms with Gasteiger partial charge in [0.25, 0.3) is 0 Å². The second-order valence-corrected chi connectivity index (χ2v) is 3.10. The number of allylic oxidation sites excluding steroid dienone is 1. The second-order valence-electron chi connectivity index (χ2n) is 3.10. The van der Waals surface area contributed by atoms with Gasteiger partial charge < -0.3 is 9.84 Å². The SMILES string of the molecule is C.C/C=C/C(=O)OCCCC.CCCCO.[HH]. The van der Waals surface area contributed by atoms with Crippen LogP contribution in [0.3, 0.4) is 0 Å². The summed E-state index contributed by atoms with van der Waals surface area (Å²) in [5.74, 6) is -0.240. The van der Waals surface area contributed by atoms with Crippen molar-refractivity contribution in [1.82, 2.24) is 0 Å². The normalized spacial score (nSPS) is 9.00. The molecule has 1 N–H and O–H groups in total. The Morgan fingerprint density at radius 2 is 1.88 bits per heavy atom. The molecule has 3 heteroatoms. The largest absolute Gasteiger partial charge is 0.463 e. The molecular formula is C13H30O3. The molecule has 0 spiro atoms. The highest BCUT2D eigenvalue weighted by atomic mass is 16.5. The van der Waals surface area contributed by atoms with E-state index in [4.69, 9.17) is 9.84 Å². The monoisotopic (exact) mass is 234 g/mol. The zero-order valence-corrected chi connectivity index (χ0v) is 10.2. The number of rotatable bonds is 6. The summed E-state index contributed by atoms with van der Waals surface area (Å²) < 4.78 is 4.80. The van der Waals surface area contributed by atoms with Gasteiger partial charge in [-0.1, -0.05) is 40.2 Å². The maximum atomic E-state index is 10.6. The Morgan fingerprint density at radius 1 is 1.31 bits per heavy atom. The summed E-state index contributed by atoms with van der Waals surface area (Å²) in [6.45, 7) is 6.79. The Balaban J connectivity index is -0.000000105. The molecular weight excluding hydrogens is 204 g/mol. The first-order valence-electron chi connectivity index (χ1n) is 5.63. The van der Waals surface area contributed by atoms with Gasteiger partial charge >= 0.3 is 5.97 Å². The van der Waals surface area contributed by atoms with Crippen molar-refractivity contribution in [3.05, 3.63) is 12.2 Å². The Bertz CT molecular complexity index is 157. The third-order valence-corrected chi connectivity index (χ3v) is 1.56. The van der Waals surface area contributed by atoms with E-state index >= 15 is 0 Å². The van der Waals surface area contributed by atoms with Crippen LogP contribution in [0, 0.1) is 0 Å². The molecule has 0 aliphatic rings. The van der Waals surface area contributed by atoms with E-state index in [0.29, 0.717) is 13.2 Å². The Hall–Kier alpha value is -0.830. The van der Waals surface area contributed by atoms with E-state index in [2.05, 4.69) is 13.8 Å². The summed E-state index contributed by atoms with van der Waals surface area (Å²) in [7, 11) is 0. The van der Waals surface area contributed by atoms with Gasteiger partial charge in [0.15, 0.2) is 0 Å². The fourth-order valence-corrected chi connectivity index (χ4v) is 0.659. The predicted molar refractivity (Wildman–Crippen MR) is 71.5 cm³/mol. The lowest BCUT2D eigenvalue weighted by Gasteiger charge is -1.97. The van der Waals surface area contributed by atoms with E-state index < -0.39 is 0 Å². The summed E-state index contributed by atoms with van der Waals surface area (Å²) in [6.07, 6.45) is 7.15. The molecule has 3 nitrogen and oxygen atoms in total. The minimum atomic E-state index is -0.240. The van der Waals surface area contributed by atoms with Crippen molar-refractivity contribution in [3.63, 3.8) is 0 Å². The molecule has 0 aromatic rings. The van der Waals surface area contributed by atoms with Crippen LogP contribution >= 0.6 is 0 Å². The van der Waals surface area contributed by atoms with E-state index in [1.54, 1.807) is 13.0 Å². The fourth-order valence-electron chi connectivity index (χ4n) is 0.659. The lowest BCUT2D eigenvalue weighted by molar-refractivity contribution is -0.137. The zero-order chi connectivity index (χ0) is 11.9. The van der Waals surface area contributed by atoms with Gasteiger partial charge in [-0.05, 0) is 19.8 Å². The average Bonchev–Trinajstić information content (AvgIpc) is 2.21. The van der Waals surface area contributed by atoms with Gasteiger partial charge in [0.2, 0.25) is 0 Å². The van der Waals surface area contributed by atoms with E-state index in [9.17, 15) is 4.79 Å². The van der Waals surface area contributed by atoms with Crippen LogP contribution in [0.5, 0.6) is 0 Å². The van der Waals surface area contributed by atoms with Crippen LogP contribution in [-0.2, 0) is 9.53 Å². The van der Waals surface area contributed by atoms with Crippen molar-refractivity contribution in [3.8, 4) is 0 Å². The van der Waals surface area contributed by atoms with E-state index in [0.717, 1.165) is 25.7 Å². The number of aliphatic hydroxyl groups is 1. The molecule has 0 saturated carbocycles. The van der Waals surface area contributed by atoms with Crippen LogP contribution in [0.4, 0.5) is 0 Å². The molecule has 0 aromatic heterocycles. The van der Waals surface area contributed by atoms with Gasteiger partial charge in [0, 0.05) is 14.1 Å². The maximum Gasteiger partial charge on any atom is 0.330 e. The number of hydrogen-bond acceptors (Lipinski definition) is 3. The molecule has 0 heterocycles. The molecule has 0 saturated heterocycles. The van der Waals surface area contributed by atoms with Gasteiger partial charge in [-0.2, -0.15) is 0 Å². The van der Waals surface area contributed by atoms with Crippen LogP contribution in [0.2, 0.25) is 0 Å². The first-order chi connectivity index (χ1) is 7.22. The minimum Gasteiger partial charge on any atom is -0.463 e. The van der Waals surface area contributed by atoms with Crippen LogP contribution in [-0.4, -0.2) is 24.3 Å². The van der Waals surface area contributed by atoms with Gasteiger partial charge in [0.05, 0.1) is 6.61 Å². The topological polar surface area (TPSA) is 46.5 Å².